The maximum atomic E-state index is 12.3. The van der Waals surface area contributed by atoms with Crippen molar-refractivity contribution in [3.05, 3.63) is 39.3 Å². The summed E-state index contributed by atoms with van der Waals surface area (Å²) < 4.78 is 1.84. The van der Waals surface area contributed by atoms with Gasteiger partial charge in [0.25, 0.3) is 0 Å². The molecule has 0 radical (unpaired) electrons. The summed E-state index contributed by atoms with van der Waals surface area (Å²) >= 11 is 3.63. The molecule has 0 bridgehead atoms. The Bertz CT molecular complexity index is 620. The summed E-state index contributed by atoms with van der Waals surface area (Å²) in [5, 5.41) is 9.51. The number of carbonyl (C=O) groups is 1. The Hall–Kier alpha value is -1.27. The van der Waals surface area contributed by atoms with Crippen LogP contribution in [0.5, 0.6) is 0 Å². The van der Waals surface area contributed by atoms with Crippen LogP contribution in [-0.2, 0) is 17.6 Å². The van der Waals surface area contributed by atoms with Crippen LogP contribution in [0.15, 0.2) is 17.5 Å². The van der Waals surface area contributed by atoms with E-state index in [1.54, 1.807) is 11.3 Å². The lowest BCUT2D eigenvalue weighted by molar-refractivity contribution is -0.122. The molecule has 2 aromatic rings. The Morgan fingerprint density at radius 2 is 2.27 bits per heavy atom. The number of aromatic nitrogens is 2. The van der Waals surface area contributed by atoms with E-state index in [4.69, 9.17) is 0 Å². The van der Waals surface area contributed by atoms with E-state index in [1.165, 1.54) is 4.88 Å². The molecule has 0 spiro atoms. The van der Waals surface area contributed by atoms with Crippen molar-refractivity contribution in [2.45, 2.75) is 32.4 Å². The second kappa shape index (κ2) is 7.83. The number of hydrogen-bond donors (Lipinski definition) is 1. The number of rotatable bonds is 7. The second-order valence-corrected chi connectivity index (χ2v) is 7.49. The number of amides is 1. The molecule has 0 saturated heterocycles. The fourth-order valence-electron chi connectivity index (χ4n) is 2.51. The molecule has 0 aliphatic rings. The SMILES string of the molecule is Cc1nn(C)c(C)c1C(C)C(=O)NCCSCc1cccs1. The van der Waals surface area contributed by atoms with E-state index in [0.717, 1.165) is 28.5 Å². The number of aryl methyl sites for hydroxylation is 2. The van der Waals surface area contributed by atoms with E-state index >= 15 is 0 Å². The van der Waals surface area contributed by atoms with Crippen molar-refractivity contribution < 1.29 is 4.79 Å². The first-order valence-electron chi connectivity index (χ1n) is 7.38. The number of nitrogens with zero attached hydrogens (tertiary/aromatic N) is 2. The average Bonchev–Trinajstić information content (AvgIpc) is 3.07. The quantitative estimate of drug-likeness (QED) is 0.789. The molecule has 22 heavy (non-hydrogen) atoms. The van der Waals surface area contributed by atoms with Gasteiger partial charge in [0, 0.05) is 41.2 Å². The summed E-state index contributed by atoms with van der Waals surface area (Å²) in [6.45, 7) is 6.63. The topological polar surface area (TPSA) is 46.9 Å². The number of thioether (sulfide) groups is 1. The molecule has 1 atom stereocenters. The minimum absolute atomic E-state index is 0.0796. The monoisotopic (exact) mass is 337 g/mol. The van der Waals surface area contributed by atoms with E-state index in [-0.39, 0.29) is 11.8 Å². The molecular weight excluding hydrogens is 314 g/mol. The van der Waals surface area contributed by atoms with Crippen molar-refractivity contribution in [1.29, 1.82) is 0 Å². The Labute approximate surface area is 140 Å². The van der Waals surface area contributed by atoms with Gasteiger partial charge < -0.3 is 5.32 Å². The van der Waals surface area contributed by atoms with Gasteiger partial charge in [0.15, 0.2) is 0 Å². The summed E-state index contributed by atoms with van der Waals surface area (Å²) in [6.07, 6.45) is 0. The first-order valence-corrected chi connectivity index (χ1v) is 9.42. The number of hydrogen-bond acceptors (Lipinski definition) is 4. The molecule has 120 valence electrons. The van der Waals surface area contributed by atoms with Gasteiger partial charge in [-0.3, -0.25) is 9.48 Å². The second-order valence-electron chi connectivity index (χ2n) is 5.35. The fraction of sp³-hybridized carbons (Fsp3) is 0.500. The Balaban J connectivity index is 1.77. The highest BCUT2D eigenvalue weighted by Gasteiger charge is 2.22. The van der Waals surface area contributed by atoms with Crippen molar-refractivity contribution in [3.63, 3.8) is 0 Å². The average molecular weight is 338 g/mol. The highest BCUT2D eigenvalue weighted by molar-refractivity contribution is 7.98. The van der Waals surface area contributed by atoms with Crippen LogP contribution in [0, 0.1) is 13.8 Å². The highest BCUT2D eigenvalue weighted by atomic mass is 32.2. The van der Waals surface area contributed by atoms with Gasteiger partial charge in [-0.05, 0) is 32.2 Å². The maximum Gasteiger partial charge on any atom is 0.227 e. The minimum Gasteiger partial charge on any atom is -0.355 e. The lowest BCUT2D eigenvalue weighted by atomic mass is 9.98. The predicted molar refractivity (Wildman–Crippen MR) is 94.6 cm³/mol. The summed E-state index contributed by atoms with van der Waals surface area (Å²) in [7, 11) is 1.91. The third-order valence-corrected chi connectivity index (χ3v) is 5.83. The van der Waals surface area contributed by atoms with Gasteiger partial charge in [-0.2, -0.15) is 16.9 Å². The number of thiophene rings is 1. The summed E-state index contributed by atoms with van der Waals surface area (Å²) in [5.41, 5.74) is 3.05. The smallest absolute Gasteiger partial charge is 0.227 e. The molecule has 0 aromatic carbocycles. The zero-order valence-corrected chi connectivity index (χ0v) is 15.2. The van der Waals surface area contributed by atoms with Crippen molar-refractivity contribution in [1.82, 2.24) is 15.1 Å². The lowest BCUT2D eigenvalue weighted by Gasteiger charge is -2.13. The zero-order chi connectivity index (χ0) is 16.1. The lowest BCUT2D eigenvalue weighted by Crippen LogP contribution is -2.30. The van der Waals surface area contributed by atoms with E-state index in [9.17, 15) is 4.79 Å². The van der Waals surface area contributed by atoms with Gasteiger partial charge >= 0.3 is 0 Å². The molecule has 6 heteroatoms. The molecule has 1 N–H and O–H groups in total. The van der Waals surface area contributed by atoms with E-state index in [0.29, 0.717) is 6.54 Å². The van der Waals surface area contributed by atoms with Crippen LogP contribution in [0.3, 0.4) is 0 Å². The molecule has 1 unspecified atom stereocenters. The van der Waals surface area contributed by atoms with Crippen LogP contribution in [0.1, 0.15) is 34.7 Å². The largest absolute Gasteiger partial charge is 0.355 e. The summed E-state index contributed by atoms with van der Waals surface area (Å²) in [5.74, 6) is 1.87. The standard InChI is InChI=1S/C16H23N3OS2/c1-11(15-12(2)18-19(4)13(15)3)16(20)17-7-9-21-10-14-6-5-8-22-14/h5-6,8,11H,7,9-10H2,1-4H3,(H,17,20). The van der Waals surface area contributed by atoms with Gasteiger partial charge in [0.1, 0.15) is 0 Å². The predicted octanol–water partition coefficient (Wildman–Crippen LogP) is 3.25. The molecule has 2 aromatic heterocycles. The number of carbonyl (C=O) groups excluding carboxylic acids is 1. The highest BCUT2D eigenvalue weighted by Crippen LogP contribution is 2.23. The van der Waals surface area contributed by atoms with Gasteiger partial charge in [0.05, 0.1) is 11.6 Å². The molecule has 1 amide bonds. The van der Waals surface area contributed by atoms with Crippen LogP contribution in [0.2, 0.25) is 0 Å². The molecule has 0 fully saturated rings. The first-order chi connectivity index (χ1) is 10.5. The van der Waals surface area contributed by atoms with Crippen molar-refractivity contribution in [3.8, 4) is 0 Å². The zero-order valence-electron chi connectivity index (χ0n) is 13.5. The molecule has 0 aliphatic carbocycles. The third-order valence-electron chi connectivity index (χ3n) is 3.76. The molecule has 2 heterocycles. The van der Waals surface area contributed by atoms with Crippen LogP contribution in [0.4, 0.5) is 0 Å². The van der Waals surface area contributed by atoms with Crippen LogP contribution in [-0.4, -0.2) is 28.0 Å². The third kappa shape index (κ3) is 4.14. The Morgan fingerprint density at radius 1 is 1.50 bits per heavy atom. The van der Waals surface area contributed by atoms with Crippen LogP contribution in [0.25, 0.3) is 0 Å². The molecular formula is C16H23N3OS2. The van der Waals surface area contributed by atoms with Gasteiger partial charge in [-0.15, -0.1) is 11.3 Å². The molecule has 0 saturated carbocycles. The summed E-state index contributed by atoms with van der Waals surface area (Å²) in [4.78, 5) is 13.7. The molecule has 4 nitrogen and oxygen atoms in total. The van der Waals surface area contributed by atoms with Crippen LogP contribution < -0.4 is 5.32 Å². The fourth-order valence-corrected chi connectivity index (χ4v) is 4.21. The van der Waals surface area contributed by atoms with Crippen molar-refractivity contribution >= 4 is 29.0 Å². The summed E-state index contributed by atoms with van der Waals surface area (Å²) in [6, 6.07) is 4.22. The normalized spacial score (nSPS) is 12.4. The van der Waals surface area contributed by atoms with Crippen LogP contribution >= 0.6 is 23.1 Å². The Morgan fingerprint density at radius 3 is 2.86 bits per heavy atom. The van der Waals surface area contributed by atoms with Gasteiger partial charge in [-0.25, -0.2) is 0 Å². The van der Waals surface area contributed by atoms with Gasteiger partial charge in [0.2, 0.25) is 5.91 Å². The molecule has 0 aliphatic heterocycles. The maximum absolute atomic E-state index is 12.3. The Kier molecular flexibility index (Phi) is 6.08. The van der Waals surface area contributed by atoms with Gasteiger partial charge in [-0.1, -0.05) is 6.07 Å². The van der Waals surface area contributed by atoms with Crippen molar-refractivity contribution in [2.24, 2.45) is 7.05 Å². The first kappa shape index (κ1) is 17.1. The van der Waals surface area contributed by atoms with Crippen molar-refractivity contribution in [2.75, 3.05) is 12.3 Å². The molecule has 2 rings (SSSR count). The minimum atomic E-state index is -0.156. The van der Waals surface area contributed by atoms with E-state index in [2.05, 4.69) is 27.9 Å². The van der Waals surface area contributed by atoms with E-state index < -0.39 is 0 Å². The van der Waals surface area contributed by atoms with E-state index in [1.807, 2.05) is 44.3 Å². The number of nitrogens with one attached hydrogen (secondary N) is 1.